The lowest BCUT2D eigenvalue weighted by Gasteiger charge is -2.09. The van der Waals surface area contributed by atoms with Gasteiger partial charge in [0.2, 0.25) is 0 Å². The van der Waals surface area contributed by atoms with Gasteiger partial charge in [-0.05, 0) is 35.9 Å². The third kappa shape index (κ3) is 5.04. The lowest BCUT2D eigenvalue weighted by Crippen LogP contribution is -2.22. The highest BCUT2D eigenvalue weighted by atomic mass is 79.9. The zero-order valence-electron chi connectivity index (χ0n) is 13.0. The SMILES string of the molecule is O=C(NCc1ccc(Br)cc1Cl)c1cccc(OCc2cscn2)c1. The Hall–Kier alpha value is -1.89. The molecule has 3 rings (SSSR count). The molecule has 1 aromatic heterocycles. The topological polar surface area (TPSA) is 51.2 Å². The summed E-state index contributed by atoms with van der Waals surface area (Å²) in [6, 6.07) is 12.6. The van der Waals surface area contributed by atoms with Crippen LogP contribution in [0.15, 0.2) is 57.8 Å². The van der Waals surface area contributed by atoms with E-state index in [2.05, 4.69) is 26.2 Å². The molecule has 0 fully saturated rings. The fourth-order valence-electron chi connectivity index (χ4n) is 2.14. The van der Waals surface area contributed by atoms with Crippen LogP contribution in [0.1, 0.15) is 21.6 Å². The average molecular weight is 438 g/mol. The minimum Gasteiger partial charge on any atom is -0.487 e. The van der Waals surface area contributed by atoms with E-state index < -0.39 is 0 Å². The van der Waals surface area contributed by atoms with Crippen molar-refractivity contribution in [3.05, 3.63) is 79.7 Å². The Morgan fingerprint density at radius 3 is 2.92 bits per heavy atom. The number of carbonyl (C=O) groups is 1. The highest BCUT2D eigenvalue weighted by molar-refractivity contribution is 9.10. The number of aromatic nitrogens is 1. The first-order valence-corrected chi connectivity index (χ1v) is 9.55. The van der Waals surface area contributed by atoms with Crippen molar-refractivity contribution >= 4 is 44.8 Å². The van der Waals surface area contributed by atoms with Crippen molar-refractivity contribution in [2.24, 2.45) is 0 Å². The Morgan fingerprint density at radius 2 is 2.16 bits per heavy atom. The fraction of sp³-hybridized carbons (Fsp3) is 0.111. The Labute approximate surface area is 162 Å². The molecule has 128 valence electrons. The number of thiazole rings is 1. The number of amides is 1. The zero-order valence-corrected chi connectivity index (χ0v) is 16.2. The summed E-state index contributed by atoms with van der Waals surface area (Å²) in [6.07, 6.45) is 0. The van der Waals surface area contributed by atoms with Gasteiger partial charge in [0.05, 0.1) is 11.2 Å². The van der Waals surface area contributed by atoms with Crippen molar-refractivity contribution in [3.63, 3.8) is 0 Å². The van der Waals surface area contributed by atoms with E-state index in [0.29, 0.717) is 29.5 Å². The van der Waals surface area contributed by atoms with Crippen LogP contribution in [-0.2, 0) is 13.2 Å². The summed E-state index contributed by atoms with van der Waals surface area (Å²) in [5.74, 6) is 0.445. The molecule has 0 aliphatic heterocycles. The van der Waals surface area contributed by atoms with Crippen LogP contribution in [0.5, 0.6) is 5.75 Å². The van der Waals surface area contributed by atoms with Crippen molar-refractivity contribution in [1.29, 1.82) is 0 Å². The number of hydrogen-bond acceptors (Lipinski definition) is 4. The second-order valence-electron chi connectivity index (χ2n) is 5.21. The zero-order chi connectivity index (χ0) is 17.6. The number of nitrogens with zero attached hydrogens (tertiary/aromatic N) is 1. The van der Waals surface area contributed by atoms with Crippen molar-refractivity contribution in [2.45, 2.75) is 13.2 Å². The normalized spacial score (nSPS) is 10.5. The van der Waals surface area contributed by atoms with Gasteiger partial charge in [-0.3, -0.25) is 4.79 Å². The average Bonchev–Trinajstić information content (AvgIpc) is 3.13. The van der Waals surface area contributed by atoms with E-state index in [1.54, 1.807) is 29.8 Å². The highest BCUT2D eigenvalue weighted by Crippen LogP contribution is 2.21. The molecule has 1 heterocycles. The number of ether oxygens (including phenoxy) is 1. The van der Waals surface area contributed by atoms with Gasteiger partial charge in [-0.15, -0.1) is 11.3 Å². The molecule has 0 atom stereocenters. The van der Waals surface area contributed by atoms with E-state index in [4.69, 9.17) is 16.3 Å². The van der Waals surface area contributed by atoms with Crippen LogP contribution < -0.4 is 10.1 Å². The van der Waals surface area contributed by atoms with Crippen LogP contribution in [0, 0.1) is 0 Å². The number of rotatable bonds is 6. The molecule has 3 aromatic rings. The summed E-state index contributed by atoms with van der Waals surface area (Å²) in [5, 5.41) is 5.40. The van der Waals surface area contributed by atoms with Crippen molar-refractivity contribution < 1.29 is 9.53 Å². The molecule has 0 saturated heterocycles. The van der Waals surface area contributed by atoms with E-state index in [0.717, 1.165) is 15.7 Å². The molecule has 7 heteroatoms. The second-order valence-corrected chi connectivity index (χ2v) is 7.26. The summed E-state index contributed by atoms with van der Waals surface area (Å²) < 4.78 is 6.57. The predicted molar refractivity (Wildman–Crippen MR) is 103 cm³/mol. The lowest BCUT2D eigenvalue weighted by molar-refractivity contribution is 0.0950. The molecular formula is C18H14BrClN2O2S. The first kappa shape index (κ1) is 17.9. The van der Waals surface area contributed by atoms with Crippen molar-refractivity contribution in [3.8, 4) is 5.75 Å². The maximum Gasteiger partial charge on any atom is 0.251 e. The molecule has 0 bridgehead atoms. The lowest BCUT2D eigenvalue weighted by atomic mass is 10.2. The Bertz CT molecular complexity index is 871. The van der Waals surface area contributed by atoms with E-state index in [-0.39, 0.29) is 5.91 Å². The quantitative estimate of drug-likeness (QED) is 0.586. The second kappa shape index (κ2) is 8.47. The van der Waals surface area contributed by atoms with Gasteiger partial charge in [-0.2, -0.15) is 0 Å². The summed E-state index contributed by atoms with van der Waals surface area (Å²) >= 11 is 11.0. The van der Waals surface area contributed by atoms with Crippen LogP contribution in [0.3, 0.4) is 0 Å². The van der Waals surface area contributed by atoms with Gasteiger partial charge in [0.1, 0.15) is 12.4 Å². The summed E-state index contributed by atoms with van der Waals surface area (Å²) in [5.41, 5.74) is 4.01. The number of hydrogen-bond donors (Lipinski definition) is 1. The minimum absolute atomic E-state index is 0.182. The molecule has 0 aliphatic rings. The Kier molecular flexibility index (Phi) is 6.07. The smallest absolute Gasteiger partial charge is 0.251 e. The van der Waals surface area contributed by atoms with Crippen LogP contribution in [0.25, 0.3) is 0 Å². The van der Waals surface area contributed by atoms with E-state index >= 15 is 0 Å². The molecule has 0 aliphatic carbocycles. The summed E-state index contributed by atoms with van der Waals surface area (Å²) in [6.45, 7) is 0.734. The molecule has 0 saturated carbocycles. The molecule has 0 unspecified atom stereocenters. The fourth-order valence-corrected chi connectivity index (χ4v) is 3.42. The Balaban J connectivity index is 1.60. The molecule has 25 heavy (non-hydrogen) atoms. The first-order chi connectivity index (χ1) is 12.1. The molecule has 2 aromatic carbocycles. The molecule has 0 spiro atoms. The Morgan fingerprint density at radius 1 is 1.28 bits per heavy atom. The number of nitrogens with one attached hydrogen (secondary N) is 1. The van der Waals surface area contributed by atoms with Crippen LogP contribution in [0.4, 0.5) is 0 Å². The predicted octanol–water partition coefficient (Wildman–Crippen LogP) is 5.07. The number of carbonyl (C=O) groups excluding carboxylic acids is 1. The third-order valence-electron chi connectivity index (χ3n) is 3.42. The summed E-state index contributed by atoms with van der Waals surface area (Å²) in [4.78, 5) is 16.5. The first-order valence-electron chi connectivity index (χ1n) is 7.44. The molecular weight excluding hydrogens is 424 g/mol. The maximum absolute atomic E-state index is 12.4. The monoisotopic (exact) mass is 436 g/mol. The molecule has 1 N–H and O–H groups in total. The van der Waals surface area contributed by atoms with Crippen LogP contribution in [-0.4, -0.2) is 10.9 Å². The van der Waals surface area contributed by atoms with Crippen LogP contribution >= 0.6 is 38.9 Å². The van der Waals surface area contributed by atoms with Gasteiger partial charge < -0.3 is 10.1 Å². The highest BCUT2D eigenvalue weighted by Gasteiger charge is 2.08. The van der Waals surface area contributed by atoms with E-state index in [1.807, 2.05) is 23.6 Å². The number of benzene rings is 2. The standard InChI is InChI=1S/C18H14BrClN2O2S/c19-14-5-4-13(17(20)7-14)8-21-18(23)12-2-1-3-16(6-12)24-9-15-10-25-11-22-15/h1-7,10-11H,8-9H2,(H,21,23). The summed E-state index contributed by atoms with van der Waals surface area (Å²) in [7, 11) is 0. The van der Waals surface area contributed by atoms with Gasteiger partial charge in [0, 0.05) is 27.0 Å². The van der Waals surface area contributed by atoms with Gasteiger partial charge in [-0.25, -0.2) is 4.98 Å². The third-order valence-corrected chi connectivity index (χ3v) is 4.90. The maximum atomic E-state index is 12.4. The minimum atomic E-state index is -0.182. The van der Waals surface area contributed by atoms with Gasteiger partial charge >= 0.3 is 0 Å². The molecule has 4 nitrogen and oxygen atoms in total. The largest absolute Gasteiger partial charge is 0.487 e. The van der Waals surface area contributed by atoms with Gasteiger partial charge in [-0.1, -0.05) is 39.7 Å². The van der Waals surface area contributed by atoms with Gasteiger partial charge in [0.15, 0.2) is 0 Å². The van der Waals surface area contributed by atoms with Gasteiger partial charge in [0.25, 0.3) is 5.91 Å². The van der Waals surface area contributed by atoms with Crippen molar-refractivity contribution in [1.82, 2.24) is 10.3 Å². The van der Waals surface area contributed by atoms with E-state index in [1.165, 1.54) is 11.3 Å². The molecule has 1 amide bonds. The number of halogens is 2. The van der Waals surface area contributed by atoms with E-state index in [9.17, 15) is 4.79 Å². The molecule has 0 radical (unpaired) electrons. The van der Waals surface area contributed by atoms with Crippen molar-refractivity contribution in [2.75, 3.05) is 0 Å². The van der Waals surface area contributed by atoms with Crippen LogP contribution in [0.2, 0.25) is 5.02 Å².